The van der Waals surface area contributed by atoms with Gasteiger partial charge in [-0.25, -0.2) is 13.1 Å². The normalized spacial score (nSPS) is 20.2. The Morgan fingerprint density at radius 1 is 1.37 bits per heavy atom. The van der Waals surface area contributed by atoms with Gasteiger partial charge in [0.25, 0.3) is 0 Å². The van der Waals surface area contributed by atoms with Crippen molar-refractivity contribution in [2.45, 2.75) is 18.9 Å². The molecule has 0 radical (unpaired) electrons. The zero-order valence-electron chi connectivity index (χ0n) is 10.5. The third-order valence-corrected chi connectivity index (χ3v) is 4.32. The first-order chi connectivity index (χ1) is 9.05. The number of rotatable bonds is 5. The Labute approximate surface area is 118 Å². The summed E-state index contributed by atoms with van der Waals surface area (Å²) in [5, 5.41) is 5.06. The van der Waals surface area contributed by atoms with Crippen LogP contribution in [0.4, 0.5) is 0 Å². The van der Waals surface area contributed by atoms with Crippen LogP contribution in [0.1, 0.15) is 18.4 Å². The van der Waals surface area contributed by atoms with Crippen LogP contribution in [0.2, 0.25) is 5.02 Å². The van der Waals surface area contributed by atoms with Crippen molar-refractivity contribution in [2.75, 3.05) is 13.1 Å². The summed E-state index contributed by atoms with van der Waals surface area (Å²) in [4.78, 5) is 0. The van der Waals surface area contributed by atoms with Crippen LogP contribution < -0.4 is 10.0 Å². The van der Waals surface area contributed by atoms with Crippen molar-refractivity contribution in [1.82, 2.24) is 10.0 Å². The summed E-state index contributed by atoms with van der Waals surface area (Å²) in [6, 6.07) is 7.24. The maximum atomic E-state index is 11.8. The molecule has 0 saturated carbocycles. The van der Waals surface area contributed by atoms with Gasteiger partial charge < -0.3 is 5.32 Å². The average molecular weight is 301 g/mol. The second kappa shape index (κ2) is 6.52. The molecule has 0 bridgehead atoms. The monoisotopic (exact) mass is 300 g/mol. The topological polar surface area (TPSA) is 58.2 Å². The average Bonchev–Trinajstić information content (AvgIpc) is 2.89. The Morgan fingerprint density at radius 3 is 2.74 bits per heavy atom. The van der Waals surface area contributed by atoms with Gasteiger partial charge in [-0.3, -0.25) is 0 Å². The molecule has 104 valence electrons. The minimum Gasteiger partial charge on any atom is -0.313 e. The van der Waals surface area contributed by atoms with Crippen molar-refractivity contribution in [3.8, 4) is 0 Å². The fraction of sp³-hybridized carbons (Fsp3) is 0.385. The fourth-order valence-electron chi connectivity index (χ4n) is 1.94. The summed E-state index contributed by atoms with van der Waals surface area (Å²) in [5.74, 6) is 0. The van der Waals surface area contributed by atoms with Crippen molar-refractivity contribution < 1.29 is 8.42 Å². The standard InChI is InChI=1S/C13H17ClN2O2S/c14-12-5-3-11(4-6-12)7-9-19(17,18)16-10-13-2-1-8-15-13/h3-7,9,13,15-16H,1-2,8,10H2/b9-7+. The molecule has 1 atom stereocenters. The summed E-state index contributed by atoms with van der Waals surface area (Å²) < 4.78 is 26.1. The molecule has 0 amide bonds. The van der Waals surface area contributed by atoms with Crippen LogP contribution in [0.5, 0.6) is 0 Å². The quantitative estimate of drug-likeness (QED) is 0.874. The lowest BCUT2D eigenvalue weighted by atomic mass is 10.2. The van der Waals surface area contributed by atoms with E-state index < -0.39 is 10.0 Å². The van der Waals surface area contributed by atoms with Gasteiger partial charge in [-0.2, -0.15) is 0 Å². The van der Waals surface area contributed by atoms with E-state index in [4.69, 9.17) is 11.6 Å². The number of halogens is 1. The number of hydrogen-bond acceptors (Lipinski definition) is 3. The minimum atomic E-state index is -3.38. The predicted molar refractivity (Wildman–Crippen MR) is 78.4 cm³/mol. The minimum absolute atomic E-state index is 0.249. The maximum absolute atomic E-state index is 11.8. The van der Waals surface area contributed by atoms with Crippen LogP contribution in [0, 0.1) is 0 Å². The molecule has 1 aromatic rings. The highest BCUT2D eigenvalue weighted by Crippen LogP contribution is 2.11. The summed E-state index contributed by atoms with van der Waals surface area (Å²) in [5.41, 5.74) is 0.800. The molecular formula is C13H17ClN2O2S. The zero-order valence-corrected chi connectivity index (χ0v) is 12.0. The van der Waals surface area contributed by atoms with Gasteiger partial charge in [-0.1, -0.05) is 23.7 Å². The van der Waals surface area contributed by atoms with Crippen molar-refractivity contribution in [3.05, 3.63) is 40.3 Å². The van der Waals surface area contributed by atoms with Crippen LogP contribution in [0.25, 0.3) is 6.08 Å². The Morgan fingerprint density at radius 2 is 2.11 bits per heavy atom. The first-order valence-electron chi connectivity index (χ1n) is 6.22. The Kier molecular flexibility index (Phi) is 4.99. The number of hydrogen-bond donors (Lipinski definition) is 2. The molecular weight excluding hydrogens is 284 g/mol. The SMILES string of the molecule is O=S(=O)(/C=C/c1ccc(Cl)cc1)NCC1CCCN1. The lowest BCUT2D eigenvalue weighted by Crippen LogP contribution is -2.36. The molecule has 1 fully saturated rings. The third kappa shape index (κ3) is 4.95. The number of sulfonamides is 1. The maximum Gasteiger partial charge on any atom is 0.233 e. The lowest BCUT2D eigenvalue weighted by molar-refractivity contribution is 0.558. The van der Waals surface area contributed by atoms with Crippen molar-refractivity contribution in [1.29, 1.82) is 0 Å². The van der Waals surface area contributed by atoms with Crippen molar-refractivity contribution >= 4 is 27.7 Å². The molecule has 1 saturated heterocycles. The molecule has 2 N–H and O–H groups in total. The highest BCUT2D eigenvalue weighted by atomic mass is 35.5. The summed E-state index contributed by atoms with van der Waals surface area (Å²) >= 11 is 5.76. The van der Waals surface area contributed by atoms with Gasteiger partial charge in [-0.05, 0) is 43.2 Å². The first kappa shape index (κ1) is 14.5. The van der Waals surface area contributed by atoms with E-state index in [1.165, 1.54) is 5.41 Å². The molecule has 1 heterocycles. The lowest BCUT2D eigenvalue weighted by Gasteiger charge is -2.09. The van der Waals surface area contributed by atoms with E-state index in [0.717, 1.165) is 24.9 Å². The third-order valence-electron chi connectivity index (χ3n) is 3.00. The zero-order chi connectivity index (χ0) is 13.7. The van der Waals surface area contributed by atoms with E-state index in [1.54, 1.807) is 30.3 Å². The molecule has 19 heavy (non-hydrogen) atoms. The summed E-state index contributed by atoms with van der Waals surface area (Å²) in [7, 11) is -3.38. The predicted octanol–water partition coefficient (Wildman–Crippen LogP) is 1.98. The highest BCUT2D eigenvalue weighted by molar-refractivity contribution is 7.92. The second-order valence-corrected chi connectivity index (χ2v) is 6.63. The Bertz CT molecular complexity index is 534. The summed E-state index contributed by atoms with van der Waals surface area (Å²) in [6.07, 6.45) is 3.68. The fourth-order valence-corrected chi connectivity index (χ4v) is 2.93. The Balaban J connectivity index is 1.90. The van der Waals surface area contributed by atoms with Gasteiger partial charge in [0, 0.05) is 23.0 Å². The molecule has 4 nitrogen and oxygen atoms in total. The molecule has 1 aromatic carbocycles. The van der Waals surface area contributed by atoms with E-state index in [2.05, 4.69) is 10.0 Å². The van der Waals surface area contributed by atoms with E-state index in [9.17, 15) is 8.42 Å². The molecule has 1 aliphatic heterocycles. The van der Waals surface area contributed by atoms with E-state index in [-0.39, 0.29) is 6.04 Å². The van der Waals surface area contributed by atoms with E-state index in [0.29, 0.717) is 11.6 Å². The second-order valence-electron chi connectivity index (χ2n) is 4.54. The van der Waals surface area contributed by atoms with Gasteiger partial charge in [-0.15, -0.1) is 0 Å². The first-order valence-corrected chi connectivity index (χ1v) is 8.14. The van der Waals surface area contributed by atoms with Crippen LogP contribution in [0.3, 0.4) is 0 Å². The molecule has 2 rings (SSSR count). The van der Waals surface area contributed by atoms with E-state index >= 15 is 0 Å². The molecule has 1 unspecified atom stereocenters. The number of benzene rings is 1. The van der Waals surface area contributed by atoms with Crippen molar-refractivity contribution in [3.63, 3.8) is 0 Å². The Hall–Kier alpha value is -0.880. The van der Waals surface area contributed by atoms with Crippen LogP contribution >= 0.6 is 11.6 Å². The van der Waals surface area contributed by atoms with E-state index in [1.807, 2.05) is 0 Å². The summed E-state index contributed by atoms with van der Waals surface area (Å²) in [6.45, 7) is 1.40. The highest BCUT2D eigenvalue weighted by Gasteiger charge is 2.15. The number of nitrogens with one attached hydrogen (secondary N) is 2. The molecule has 0 aromatic heterocycles. The van der Waals surface area contributed by atoms with Crippen LogP contribution in [-0.2, 0) is 10.0 Å². The largest absolute Gasteiger partial charge is 0.313 e. The van der Waals surface area contributed by atoms with Gasteiger partial charge in [0.05, 0.1) is 0 Å². The van der Waals surface area contributed by atoms with Crippen LogP contribution in [-0.4, -0.2) is 27.5 Å². The van der Waals surface area contributed by atoms with Gasteiger partial charge in [0.2, 0.25) is 10.0 Å². The van der Waals surface area contributed by atoms with Gasteiger partial charge in [0.1, 0.15) is 0 Å². The molecule has 1 aliphatic rings. The van der Waals surface area contributed by atoms with Crippen LogP contribution in [0.15, 0.2) is 29.7 Å². The van der Waals surface area contributed by atoms with Gasteiger partial charge in [0.15, 0.2) is 0 Å². The molecule has 0 spiro atoms. The smallest absolute Gasteiger partial charge is 0.233 e. The molecule has 6 heteroatoms. The molecule has 0 aliphatic carbocycles. The van der Waals surface area contributed by atoms with Crippen molar-refractivity contribution in [2.24, 2.45) is 0 Å². The van der Waals surface area contributed by atoms with Gasteiger partial charge >= 0.3 is 0 Å².